The minimum Gasteiger partial charge on any atom is -0.349 e. The van der Waals surface area contributed by atoms with Crippen LogP contribution in [0, 0.1) is 12.8 Å². The van der Waals surface area contributed by atoms with Gasteiger partial charge in [0, 0.05) is 24.7 Å². The monoisotopic (exact) mass is 419 g/mol. The summed E-state index contributed by atoms with van der Waals surface area (Å²) in [5, 5.41) is 6.01. The Bertz CT molecular complexity index is 981. The molecule has 1 saturated carbocycles. The Labute approximate surface area is 183 Å². The molecule has 6 nitrogen and oxygen atoms in total. The zero-order valence-electron chi connectivity index (χ0n) is 17.9. The molecule has 1 atom stereocenters. The third-order valence-corrected chi connectivity index (χ3v) is 6.27. The largest absolute Gasteiger partial charge is 0.349 e. The van der Waals surface area contributed by atoms with E-state index in [1.165, 1.54) is 6.42 Å². The first-order valence-corrected chi connectivity index (χ1v) is 11.1. The fraction of sp³-hybridized carbons (Fsp3) is 0.400. The van der Waals surface area contributed by atoms with Gasteiger partial charge in [0.1, 0.15) is 0 Å². The number of hydrogen-bond donors (Lipinski definition) is 2. The van der Waals surface area contributed by atoms with Gasteiger partial charge < -0.3 is 15.5 Å². The smallest absolute Gasteiger partial charge is 0.253 e. The first-order valence-electron chi connectivity index (χ1n) is 11.1. The molecule has 4 rings (SSSR count). The summed E-state index contributed by atoms with van der Waals surface area (Å²) < 4.78 is 0. The molecule has 2 fully saturated rings. The third-order valence-electron chi connectivity index (χ3n) is 6.27. The van der Waals surface area contributed by atoms with Crippen LogP contribution in [-0.4, -0.2) is 30.3 Å². The van der Waals surface area contributed by atoms with Gasteiger partial charge in [-0.3, -0.25) is 14.4 Å². The van der Waals surface area contributed by atoms with Gasteiger partial charge in [-0.25, -0.2) is 0 Å². The lowest BCUT2D eigenvalue weighted by Gasteiger charge is -2.23. The highest BCUT2D eigenvalue weighted by Gasteiger charge is 2.36. The van der Waals surface area contributed by atoms with Gasteiger partial charge in [0.05, 0.1) is 17.2 Å². The van der Waals surface area contributed by atoms with Crippen molar-refractivity contribution in [2.75, 3.05) is 16.8 Å². The number of benzene rings is 2. The van der Waals surface area contributed by atoms with Crippen molar-refractivity contribution in [3.63, 3.8) is 0 Å². The van der Waals surface area contributed by atoms with Gasteiger partial charge in [-0.05, 0) is 43.5 Å². The summed E-state index contributed by atoms with van der Waals surface area (Å²) in [5.74, 6) is -0.909. The van der Waals surface area contributed by atoms with E-state index in [2.05, 4.69) is 10.6 Å². The summed E-state index contributed by atoms with van der Waals surface area (Å²) in [7, 11) is 0. The highest BCUT2D eigenvalue weighted by Crippen LogP contribution is 2.29. The number of rotatable bonds is 5. The van der Waals surface area contributed by atoms with E-state index in [9.17, 15) is 14.4 Å². The van der Waals surface area contributed by atoms with Gasteiger partial charge in [-0.2, -0.15) is 0 Å². The van der Waals surface area contributed by atoms with Crippen molar-refractivity contribution in [2.24, 2.45) is 5.92 Å². The van der Waals surface area contributed by atoms with E-state index in [1.807, 2.05) is 31.2 Å². The Morgan fingerprint density at radius 1 is 0.968 bits per heavy atom. The first kappa shape index (κ1) is 21.1. The number of carbonyl (C=O) groups is 3. The van der Waals surface area contributed by atoms with E-state index in [1.54, 1.807) is 29.2 Å². The minimum atomic E-state index is -0.457. The zero-order chi connectivity index (χ0) is 21.8. The number of nitrogens with zero attached hydrogens (tertiary/aromatic N) is 1. The van der Waals surface area contributed by atoms with Gasteiger partial charge in [0.2, 0.25) is 11.8 Å². The minimum absolute atomic E-state index is 0.0576. The SMILES string of the molecule is Cc1ccccc1N1C[C@H](C(=O)Nc2ccccc2C(=O)NC2CCCCC2)CC1=O. The zero-order valence-corrected chi connectivity index (χ0v) is 17.9. The Morgan fingerprint density at radius 2 is 1.68 bits per heavy atom. The molecule has 1 aliphatic carbocycles. The molecule has 31 heavy (non-hydrogen) atoms. The predicted molar refractivity (Wildman–Crippen MR) is 121 cm³/mol. The molecular formula is C25H29N3O3. The number of carbonyl (C=O) groups excluding carboxylic acids is 3. The number of amides is 3. The van der Waals surface area contributed by atoms with Crippen LogP contribution in [0.2, 0.25) is 0 Å². The molecule has 0 bridgehead atoms. The van der Waals surface area contributed by atoms with E-state index in [4.69, 9.17) is 0 Å². The second-order valence-electron chi connectivity index (χ2n) is 8.54. The second-order valence-corrected chi connectivity index (χ2v) is 8.54. The standard InChI is InChI=1S/C25H29N3O3/c1-17-9-5-8-14-22(17)28-16-18(15-23(28)29)24(30)27-21-13-7-6-12-20(21)25(31)26-19-10-3-2-4-11-19/h5-9,12-14,18-19H,2-4,10-11,15-16H2,1H3,(H,26,31)(H,27,30)/t18-/m1/s1. The third kappa shape index (κ3) is 4.79. The van der Waals surface area contributed by atoms with Gasteiger partial charge in [-0.1, -0.05) is 49.6 Å². The number of anilines is 2. The van der Waals surface area contributed by atoms with E-state index < -0.39 is 5.92 Å². The predicted octanol–water partition coefficient (Wildman–Crippen LogP) is 4.05. The van der Waals surface area contributed by atoms with Crippen LogP contribution in [0.1, 0.15) is 54.4 Å². The second kappa shape index (κ2) is 9.33. The van der Waals surface area contributed by atoms with Gasteiger partial charge >= 0.3 is 0 Å². The maximum Gasteiger partial charge on any atom is 0.253 e. The summed E-state index contributed by atoms with van der Waals surface area (Å²) in [4.78, 5) is 40.1. The number of para-hydroxylation sites is 2. The van der Waals surface area contributed by atoms with Crippen LogP contribution in [0.15, 0.2) is 48.5 Å². The molecule has 2 aromatic rings. The topological polar surface area (TPSA) is 78.5 Å². The van der Waals surface area contributed by atoms with Gasteiger partial charge in [0.25, 0.3) is 5.91 Å². The van der Waals surface area contributed by atoms with E-state index in [0.29, 0.717) is 17.8 Å². The summed E-state index contributed by atoms with van der Waals surface area (Å²) in [6, 6.07) is 14.9. The summed E-state index contributed by atoms with van der Waals surface area (Å²) in [5.41, 5.74) is 2.79. The molecule has 3 amide bonds. The number of hydrogen-bond acceptors (Lipinski definition) is 3. The molecule has 0 unspecified atom stereocenters. The Hall–Kier alpha value is -3.15. The average Bonchev–Trinajstić information content (AvgIpc) is 3.16. The highest BCUT2D eigenvalue weighted by atomic mass is 16.2. The lowest BCUT2D eigenvalue weighted by Crippen LogP contribution is -2.36. The highest BCUT2D eigenvalue weighted by molar-refractivity contribution is 6.07. The summed E-state index contributed by atoms with van der Waals surface area (Å²) in [6.07, 6.45) is 5.65. The van der Waals surface area contributed by atoms with Crippen molar-refractivity contribution in [2.45, 2.75) is 51.5 Å². The molecular weight excluding hydrogens is 390 g/mol. The van der Waals surface area contributed by atoms with E-state index >= 15 is 0 Å². The molecule has 0 aromatic heterocycles. The maximum absolute atomic E-state index is 13.0. The van der Waals surface area contributed by atoms with Crippen LogP contribution in [0.25, 0.3) is 0 Å². The Morgan fingerprint density at radius 3 is 2.45 bits per heavy atom. The van der Waals surface area contributed by atoms with Crippen molar-refractivity contribution in [1.29, 1.82) is 0 Å². The number of nitrogens with one attached hydrogen (secondary N) is 2. The number of aryl methyl sites for hydroxylation is 1. The van der Waals surface area contributed by atoms with Gasteiger partial charge in [0.15, 0.2) is 0 Å². The van der Waals surface area contributed by atoms with Crippen LogP contribution in [0.4, 0.5) is 11.4 Å². The Balaban J connectivity index is 1.44. The lowest BCUT2D eigenvalue weighted by molar-refractivity contribution is -0.122. The molecule has 0 radical (unpaired) electrons. The van der Waals surface area contributed by atoms with Gasteiger partial charge in [-0.15, -0.1) is 0 Å². The normalized spacial score (nSPS) is 19.3. The summed E-state index contributed by atoms with van der Waals surface area (Å²) in [6.45, 7) is 2.29. The molecule has 6 heteroatoms. The molecule has 1 heterocycles. The van der Waals surface area contributed by atoms with Crippen molar-refractivity contribution in [3.8, 4) is 0 Å². The lowest BCUT2D eigenvalue weighted by atomic mass is 9.95. The van der Waals surface area contributed by atoms with Crippen molar-refractivity contribution in [1.82, 2.24) is 5.32 Å². The fourth-order valence-electron chi connectivity index (χ4n) is 4.52. The quantitative estimate of drug-likeness (QED) is 0.767. The Kier molecular flexibility index (Phi) is 6.35. The van der Waals surface area contributed by atoms with Crippen LogP contribution in [0.3, 0.4) is 0 Å². The van der Waals surface area contributed by atoms with Crippen molar-refractivity contribution < 1.29 is 14.4 Å². The van der Waals surface area contributed by atoms with Crippen LogP contribution in [-0.2, 0) is 9.59 Å². The first-order chi connectivity index (χ1) is 15.0. The fourth-order valence-corrected chi connectivity index (χ4v) is 4.52. The molecule has 1 saturated heterocycles. The molecule has 0 spiro atoms. The molecule has 2 N–H and O–H groups in total. The molecule has 2 aliphatic rings. The maximum atomic E-state index is 13.0. The van der Waals surface area contributed by atoms with Crippen LogP contribution in [0.5, 0.6) is 0 Å². The van der Waals surface area contributed by atoms with Crippen molar-refractivity contribution in [3.05, 3.63) is 59.7 Å². The van der Waals surface area contributed by atoms with E-state index in [-0.39, 0.29) is 30.2 Å². The average molecular weight is 420 g/mol. The molecule has 1 aliphatic heterocycles. The molecule has 162 valence electrons. The van der Waals surface area contributed by atoms with Crippen molar-refractivity contribution >= 4 is 29.1 Å². The van der Waals surface area contributed by atoms with Crippen LogP contribution < -0.4 is 15.5 Å². The summed E-state index contributed by atoms with van der Waals surface area (Å²) >= 11 is 0. The molecule has 2 aromatic carbocycles. The van der Waals surface area contributed by atoms with E-state index in [0.717, 1.165) is 36.9 Å². The van der Waals surface area contributed by atoms with Crippen LogP contribution >= 0.6 is 0 Å².